The fraction of sp³-hybridized carbons (Fsp3) is 0.182. The molecule has 0 amide bonds. The first-order valence-electron chi connectivity index (χ1n) is 5.14. The van der Waals surface area contributed by atoms with Crippen molar-refractivity contribution < 1.29 is 9.90 Å². The van der Waals surface area contributed by atoms with E-state index in [4.69, 9.17) is 5.11 Å². The summed E-state index contributed by atoms with van der Waals surface area (Å²) >= 11 is 1.37. The summed E-state index contributed by atoms with van der Waals surface area (Å²) in [7, 11) is 1.63. The van der Waals surface area contributed by atoms with Crippen LogP contribution < -0.4 is 5.69 Å². The van der Waals surface area contributed by atoms with Gasteiger partial charge in [0.1, 0.15) is 0 Å². The summed E-state index contributed by atoms with van der Waals surface area (Å²) in [6, 6.07) is 6.69. The molecule has 0 saturated carbocycles. The van der Waals surface area contributed by atoms with Crippen LogP contribution in [0.3, 0.4) is 0 Å². The van der Waals surface area contributed by atoms with Gasteiger partial charge in [-0.2, -0.15) is 0 Å². The average Bonchev–Trinajstić information content (AvgIpc) is 2.68. The van der Waals surface area contributed by atoms with Gasteiger partial charge in [0, 0.05) is 12.8 Å². The number of nitrogens with one attached hydrogen (secondary N) is 1. The van der Waals surface area contributed by atoms with Gasteiger partial charge in [-0.05, 0) is 17.7 Å². The second-order valence-corrected chi connectivity index (χ2v) is 4.61. The maximum atomic E-state index is 11.1. The molecule has 0 aliphatic carbocycles. The normalized spacial score (nSPS) is 10.5. The molecule has 2 rings (SSSR count). The van der Waals surface area contributed by atoms with Gasteiger partial charge in [-0.15, -0.1) is 5.10 Å². The average molecular weight is 265 g/mol. The number of thioether (sulfide) groups is 1. The monoisotopic (exact) mass is 265 g/mol. The van der Waals surface area contributed by atoms with Crippen molar-refractivity contribution in [2.24, 2.45) is 7.05 Å². The molecule has 0 radical (unpaired) electrons. The van der Waals surface area contributed by atoms with E-state index in [1.807, 2.05) is 6.07 Å². The molecule has 1 aromatic carbocycles. The number of carbonyl (C=O) groups is 1. The molecule has 2 aromatic rings. The number of hydrogen-bond acceptors (Lipinski definition) is 4. The van der Waals surface area contributed by atoms with Crippen molar-refractivity contribution in [3.8, 4) is 0 Å². The Balaban J connectivity index is 2.11. The third-order valence-corrected chi connectivity index (χ3v) is 3.48. The van der Waals surface area contributed by atoms with E-state index in [1.165, 1.54) is 16.3 Å². The maximum absolute atomic E-state index is 11.1. The van der Waals surface area contributed by atoms with Crippen LogP contribution in [0.1, 0.15) is 15.9 Å². The number of carboxylic acid groups (broad SMARTS) is 1. The number of hydrogen-bond donors (Lipinski definition) is 2. The van der Waals surface area contributed by atoms with Crippen molar-refractivity contribution in [3.05, 3.63) is 45.9 Å². The van der Waals surface area contributed by atoms with Crippen LogP contribution in [-0.4, -0.2) is 25.8 Å². The predicted molar refractivity (Wildman–Crippen MR) is 66.8 cm³/mol. The minimum atomic E-state index is -0.950. The summed E-state index contributed by atoms with van der Waals surface area (Å²) in [6.45, 7) is 0. The third-order valence-electron chi connectivity index (χ3n) is 2.38. The molecule has 0 aliphatic rings. The van der Waals surface area contributed by atoms with Gasteiger partial charge in [-0.1, -0.05) is 23.9 Å². The Morgan fingerprint density at radius 1 is 1.56 bits per heavy atom. The van der Waals surface area contributed by atoms with Crippen LogP contribution in [0.2, 0.25) is 0 Å². The van der Waals surface area contributed by atoms with E-state index < -0.39 is 5.97 Å². The Labute approximate surface area is 107 Å². The minimum absolute atomic E-state index is 0.254. The van der Waals surface area contributed by atoms with Crippen molar-refractivity contribution in [2.75, 3.05) is 0 Å². The van der Waals surface area contributed by atoms with Crippen molar-refractivity contribution >= 4 is 17.7 Å². The summed E-state index contributed by atoms with van der Waals surface area (Å²) in [4.78, 5) is 22.0. The summed E-state index contributed by atoms with van der Waals surface area (Å²) in [5, 5.41) is 15.6. The first-order valence-corrected chi connectivity index (χ1v) is 6.13. The van der Waals surface area contributed by atoms with E-state index in [9.17, 15) is 9.59 Å². The molecule has 1 aromatic heterocycles. The number of H-pyrrole nitrogens is 1. The Hall–Kier alpha value is -2.02. The molecular formula is C11H11N3O3S. The van der Waals surface area contributed by atoms with Crippen molar-refractivity contribution in [3.63, 3.8) is 0 Å². The summed E-state index contributed by atoms with van der Waals surface area (Å²) in [6.07, 6.45) is 0. The van der Waals surface area contributed by atoms with Crippen LogP contribution in [0.5, 0.6) is 0 Å². The highest BCUT2D eigenvalue weighted by Crippen LogP contribution is 2.19. The van der Waals surface area contributed by atoms with Gasteiger partial charge in [0.2, 0.25) is 0 Å². The molecular weight excluding hydrogens is 254 g/mol. The molecule has 2 N–H and O–H groups in total. The third kappa shape index (κ3) is 2.62. The molecule has 1 heterocycles. The molecule has 6 nitrogen and oxygen atoms in total. The van der Waals surface area contributed by atoms with Crippen LogP contribution in [-0.2, 0) is 12.8 Å². The lowest BCUT2D eigenvalue weighted by Crippen LogP contribution is -2.12. The van der Waals surface area contributed by atoms with Crippen molar-refractivity contribution in [2.45, 2.75) is 10.9 Å². The first-order chi connectivity index (χ1) is 8.58. The van der Waals surface area contributed by atoms with Gasteiger partial charge in [-0.25, -0.2) is 14.7 Å². The number of aromatic amines is 1. The fourth-order valence-corrected chi connectivity index (χ4v) is 2.27. The molecule has 94 valence electrons. The molecule has 0 aliphatic heterocycles. The fourth-order valence-electron chi connectivity index (χ4n) is 1.40. The standard InChI is InChI=1S/C11H11N3O3S/c1-14-10(17)12-13-11(14)18-6-7-3-2-4-8(5-7)9(15)16/h2-5H,6H2,1H3,(H,12,17)(H,15,16). The van der Waals surface area contributed by atoms with Gasteiger partial charge in [0.05, 0.1) is 5.56 Å². The maximum Gasteiger partial charge on any atom is 0.343 e. The van der Waals surface area contributed by atoms with Crippen molar-refractivity contribution in [1.29, 1.82) is 0 Å². The summed E-state index contributed by atoms with van der Waals surface area (Å²) in [5.41, 5.74) is 0.858. The lowest BCUT2D eigenvalue weighted by Gasteiger charge is -2.02. The molecule has 0 fully saturated rings. The smallest absolute Gasteiger partial charge is 0.343 e. The van der Waals surface area contributed by atoms with E-state index in [0.717, 1.165) is 5.56 Å². The molecule has 18 heavy (non-hydrogen) atoms. The lowest BCUT2D eigenvalue weighted by atomic mass is 10.1. The Kier molecular flexibility index (Phi) is 3.52. The number of aromatic carboxylic acids is 1. The van der Waals surface area contributed by atoms with E-state index in [0.29, 0.717) is 10.9 Å². The number of benzene rings is 1. The highest BCUT2D eigenvalue weighted by Gasteiger charge is 2.07. The summed E-state index contributed by atoms with van der Waals surface area (Å²) in [5.74, 6) is -0.395. The Morgan fingerprint density at radius 2 is 2.33 bits per heavy atom. The SMILES string of the molecule is Cn1c(SCc2cccc(C(=O)O)c2)n[nH]c1=O. The van der Waals surface area contributed by atoms with Crippen LogP contribution in [0, 0.1) is 0 Å². The summed E-state index contributed by atoms with van der Waals surface area (Å²) < 4.78 is 1.41. The van der Waals surface area contributed by atoms with E-state index in [2.05, 4.69) is 10.2 Å². The van der Waals surface area contributed by atoms with Crippen LogP contribution >= 0.6 is 11.8 Å². The molecule has 0 unspecified atom stereocenters. The molecule has 0 atom stereocenters. The number of rotatable bonds is 4. The second-order valence-electron chi connectivity index (χ2n) is 3.66. The van der Waals surface area contributed by atoms with Gasteiger partial charge in [0.15, 0.2) is 5.16 Å². The highest BCUT2D eigenvalue weighted by atomic mass is 32.2. The van der Waals surface area contributed by atoms with Crippen LogP contribution in [0.25, 0.3) is 0 Å². The Bertz CT molecular complexity index is 632. The van der Waals surface area contributed by atoms with E-state index in [1.54, 1.807) is 25.2 Å². The molecule has 0 saturated heterocycles. The zero-order valence-electron chi connectivity index (χ0n) is 9.58. The quantitative estimate of drug-likeness (QED) is 0.808. The van der Waals surface area contributed by atoms with Gasteiger partial charge in [-0.3, -0.25) is 4.57 Å². The molecule has 7 heteroatoms. The Morgan fingerprint density at radius 3 is 2.94 bits per heavy atom. The number of nitrogens with zero attached hydrogens (tertiary/aromatic N) is 2. The van der Waals surface area contributed by atoms with Gasteiger partial charge < -0.3 is 5.11 Å². The zero-order chi connectivity index (χ0) is 13.1. The lowest BCUT2D eigenvalue weighted by molar-refractivity contribution is 0.0697. The van der Waals surface area contributed by atoms with E-state index in [-0.39, 0.29) is 11.3 Å². The van der Waals surface area contributed by atoms with E-state index >= 15 is 0 Å². The first kappa shape index (κ1) is 12.4. The van der Waals surface area contributed by atoms with Crippen LogP contribution in [0.15, 0.2) is 34.2 Å². The second kappa shape index (κ2) is 5.09. The van der Waals surface area contributed by atoms with Gasteiger partial charge in [0.25, 0.3) is 0 Å². The topological polar surface area (TPSA) is 88.0 Å². The largest absolute Gasteiger partial charge is 0.478 e. The number of aromatic nitrogens is 3. The zero-order valence-corrected chi connectivity index (χ0v) is 10.4. The highest BCUT2D eigenvalue weighted by molar-refractivity contribution is 7.98. The van der Waals surface area contributed by atoms with Crippen molar-refractivity contribution in [1.82, 2.24) is 14.8 Å². The number of carboxylic acids is 1. The minimum Gasteiger partial charge on any atom is -0.478 e. The van der Waals surface area contributed by atoms with Gasteiger partial charge >= 0.3 is 11.7 Å². The predicted octanol–water partition coefficient (Wildman–Crippen LogP) is 1.10. The molecule has 0 spiro atoms. The van der Waals surface area contributed by atoms with Crippen LogP contribution in [0.4, 0.5) is 0 Å². The molecule has 0 bridgehead atoms.